The fraction of sp³-hybridized carbons (Fsp3) is 0.0435. The summed E-state index contributed by atoms with van der Waals surface area (Å²) in [5, 5.41) is 4.45. The average molecular weight is 423 g/mol. The van der Waals surface area contributed by atoms with E-state index in [4.69, 9.17) is 32.9 Å². The number of amides is 1. The quantitative estimate of drug-likeness (QED) is 0.409. The largest absolute Gasteiger partial charge is 0.497 e. The number of pyridine rings is 1. The van der Waals surface area contributed by atoms with Crippen molar-refractivity contribution in [1.29, 1.82) is 0 Å². The summed E-state index contributed by atoms with van der Waals surface area (Å²) < 4.78 is 5.31. The molecular weight excluding hydrogens is 407 g/mol. The molecule has 6 heteroatoms. The Hall–Kier alpha value is -3.08. The third kappa shape index (κ3) is 4.04. The lowest BCUT2D eigenvalue weighted by atomic mass is 10.0. The summed E-state index contributed by atoms with van der Waals surface area (Å²) in [4.78, 5) is 17.8. The number of nitrogens with one attached hydrogen (secondary N) is 1. The molecule has 144 valence electrons. The topological polar surface area (TPSA) is 51.2 Å². The van der Waals surface area contributed by atoms with Crippen LogP contribution in [-0.4, -0.2) is 18.0 Å². The van der Waals surface area contributed by atoms with Crippen LogP contribution in [0.3, 0.4) is 0 Å². The predicted molar refractivity (Wildman–Crippen MR) is 118 cm³/mol. The molecule has 0 radical (unpaired) electrons. The van der Waals surface area contributed by atoms with Crippen molar-refractivity contribution in [2.45, 2.75) is 0 Å². The molecule has 0 aliphatic heterocycles. The fourth-order valence-electron chi connectivity index (χ4n) is 3.07. The summed E-state index contributed by atoms with van der Waals surface area (Å²) in [6.07, 6.45) is 0. The summed E-state index contributed by atoms with van der Waals surface area (Å²) in [6, 6.07) is 21.9. The zero-order chi connectivity index (χ0) is 20.4. The summed E-state index contributed by atoms with van der Waals surface area (Å²) in [6.45, 7) is 0. The third-order valence-electron chi connectivity index (χ3n) is 4.50. The summed E-state index contributed by atoms with van der Waals surface area (Å²) >= 11 is 12.0. The van der Waals surface area contributed by atoms with Crippen LogP contribution in [0.1, 0.15) is 10.4 Å². The van der Waals surface area contributed by atoms with Gasteiger partial charge in [-0.15, -0.1) is 0 Å². The van der Waals surface area contributed by atoms with Crippen molar-refractivity contribution in [3.8, 4) is 17.0 Å². The number of para-hydroxylation sites is 1. The van der Waals surface area contributed by atoms with Crippen LogP contribution >= 0.6 is 23.2 Å². The number of aromatic nitrogens is 1. The van der Waals surface area contributed by atoms with E-state index in [0.29, 0.717) is 27.0 Å². The van der Waals surface area contributed by atoms with Gasteiger partial charge in [-0.3, -0.25) is 4.79 Å². The number of hydrogen-bond donors (Lipinski definition) is 1. The molecule has 0 saturated heterocycles. The molecule has 29 heavy (non-hydrogen) atoms. The Morgan fingerprint density at radius 3 is 2.55 bits per heavy atom. The van der Waals surface area contributed by atoms with Gasteiger partial charge in [-0.25, -0.2) is 4.98 Å². The molecule has 0 atom stereocenters. The molecule has 1 N–H and O–H groups in total. The van der Waals surface area contributed by atoms with E-state index < -0.39 is 0 Å². The van der Waals surface area contributed by atoms with Gasteiger partial charge in [0.05, 0.1) is 33.9 Å². The standard InChI is InChI=1S/C23H16Cl2N2O2/c1-29-16-6-4-5-14(11-16)22-13-18(17-7-2-3-8-21(17)27-22)23(28)26-15-9-10-19(24)20(25)12-15/h2-13H,1H3,(H,26,28). The van der Waals surface area contributed by atoms with Crippen molar-refractivity contribution in [2.24, 2.45) is 0 Å². The van der Waals surface area contributed by atoms with Crippen LogP contribution in [-0.2, 0) is 0 Å². The molecule has 0 aliphatic carbocycles. The highest BCUT2D eigenvalue weighted by atomic mass is 35.5. The van der Waals surface area contributed by atoms with Crippen molar-refractivity contribution in [1.82, 2.24) is 4.98 Å². The Balaban J connectivity index is 1.79. The maximum Gasteiger partial charge on any atom is 0.256 e. The minimum absolute atomic E-state index is 0.258. The first-order chi connectivity index (χ1) is 14.0. The first-order valence-corrected chi connectivity index (χ1v) is 9.61. The van der Waals surface area contributed by atoms with Crippen molar-refractivity contribution >= 4 is 45.7 Å². The number of ether oxygens (including phenoxy) is 1. The van der Waals surface area contributed by atoms with E-state index in [0.717, 1.165) is 22.2 Å². The minimum Gasteiger partial charge on any atom is -0.497 e. The molecular formula is C23H16Cl2N2O2. The number of fused-ring (bicyclic) bond motifs is 1. The van der Waals surface area contributed by atoms with Crippen molar-refractivity contribution < 1.29 is 9.53 Å². The Kier molecular flexibility index (Phi) is 5.38. The van der Waals surface area contributed by atoms with Crippen LogP contribution in [0.15, 0.2) is 72.8 Å². The second-order valence-corrected chi connectivity index (χ2v) is 7.20. The number of rotatable bonds is 4. The second-order valence-electron chi connectivity index (χ2n) is 6.39. The van der Waals surface area contributed by atoms with E-state index in [1.165, 1.54) is 0 Å². The van der Waals surface area contributed by atoms with Gasteiger partial charge in [0.25, 0.3) is 5.91 Å². The molecule has 4 nitrogen and oxygen atoms in total. The van der Waals surface area contributed by atoms with Crippen molar-refractivity contribution in [3.05, 3.63) is 88.4 Å². The highest BCUT2D eigenvalue weighted by Crippen LogP contribution is 2.29. The van der Waals surface area contributed by atoms with Gasteiger partial charge in [0.15, 0.2) is 0 Å². The van der Waals surface area contributed by atoms with Crippen LogP contribution in [0, 0.1) is 0 Å². The zero-order valence-corrected chi connectivity index (χ0v) is 17.0. The number of hydrogen-bond acceptors (Lipinski definition) is 3. The molecule has 1 aromatic heterocycles. The second kappa shape index (κ2) is 8.11. The maximum absolute atomic E-state index is 13.1. The van der Waals surface area contributed by atoms with Gasteiger partial charge in [-0.2, -0.15) is 0 Å². The van der Waals surface area contributed by atoms with Gasteiger partial charge in [-0.1, -0.05) is 53.5 Å². The first kappa shape index (κ1) is 19.2. The average Bonchev–Trinajstić information content (AvgIpc) is 2.75. The Bertz CT molecular complexity index is 1220. The van der Waals surface area contributed by atoms with Gasteiger partial charge in [0, 0.05) is 16.6 Å². The maximum atomic E-state index is 13.1. The van der Waals surface area contributed by atoms with E-state index in [1.807, 2.05) is 48.5 Å². The molecule has 4 aromatic rings. The SMILES string of the molecule is COc1cccc(-c2cc(C(=O)Nc3ccc(Cl)c(Cl)c3)c3ccccc3n2)c1. The predicted octanol–water partition coefficient (Wildman–Crippen LogP) is 6.47. The van der Waals surface area contributed by atoms with Crippen LogP contribution in [0.5, 0.6) is 5.75 Å². The number of halogens is 2. The zero-order valence-electron chi connectivity index (χ0n) is 15.4. The van der Waals surface area contributed by atoms with E-state index in [-0.39, 0.29) is 5.91 Å². The number of methoxy groups -OCH3 is 1. The normalized spacial score (nSPS) is 10.7. The molecule has 0 fully saturated rings. The van der Waals surface area contributed by atoms with Crippen LogP contribution in [0.4, 0.5) is 5.69 Å². The van der Waals surface area contributed by atoms with Gasteiger partial charge >= 0.3 is 0 Å². The molecule has 0 unspecified atom stereocenters. The van der Waals surface area contributed by atoms with Gasteiger partial charge in [0.1, 0.15) is 5.75 Å². The van der Waals surface area contributed by atoms with Crippen LogP contribution in [0.25, 0.3) is 22.2 Å². The van der Waals surface area contributed by atoms with Crippen LogP contribution < -0.4 is 10.1 Å². The molecule has 0 spiro atoms. The number of anilines is 1. The van der Waals surface area contributed by atoms with E-state index >= 15 is 0 Å². The Morgan fingerprint density at radius 2 is 1.76 bits per heavy atom. The molecule has 4 rings (SSSR count). The van der Waals surface area contributed by atoms with Crippen molar-refractivity contribution in [3.63, 3.8) is 0 Å². The lowest BCUT2D eigenvalue weighted by Gasteiger charge is -2.12. The fourth-order valence-corrected chi connectivity index (χ4v) is 3.36. The molecule has 0 saturated carbocycles. The van der Waals surface area contributed by atoms with Gasteiger partial charge in [-0.05, 0) is 42.5 Å². The minimum atomic E-state index is -0.258. The monoisotopic (exact) mass is 422 g/mol. The Morgan fingerprint density at radius 1 is 0.931 bits per heavy atom. The van der Waals surface area contributed by atoms with Gasteiger partial charge in [0.2, 0.25) is 0 Å². The summed E-state index contributed by atoms with van der Waals surface area (Å²) in [5.74, 6) is 0.463. The highest BCUT2D eigenvalue weighted by molar-refractivity contribution is 6.42. The van der Waals surface area contributed by atoms with E-state index in [1.54, 1.807) is 31.4 Å². The number of nitrogens with zero attached hydrogens (tertiary/aromatic N) is 1. The van der Waals surface area contributed by atoms with Crippen molar-refractivity contribution in [2.75, 3.05) is 12.4 Å². The smallest absolute Gasteiger partial charge is 0.256 e. The van der Waals surface area contributed by atoms with E-state index in [2.05, 4.69) is 5.32 Å². The molecule has 1 amide bonds. The number of carbonyl (C=O) groups excluding carboxylic acids is 1. The number of benzene rings is 3. The van der Waals surface area contributed by atoms with Gasteiger partial charge < -0.3 is 10.1 Å². The molecule has 0 aliphatic rings. The molecule has 3 aromatic carbocycles. The number of carbonyl (C=O) groups is 1. The Labute approximate surface area is 178 Å². The first-order valence-electron chi connectivity index (χ1n) is 8.86. The summed E-state index contributed by atoms with van der Waals surface area (Å²) in [5.41, 5.74) is 3.35. The summed E-state index contributed by atoms with van der Waals surface area (Å²) in [7, 11) is 1.61. The molecule has 0 bridgehead atoms. The lowest BCUT2D eigenvalue weighted by molar-refractivity contribution is 0.102. The third-order valence-corrected chi connectivity index (χ3v) is 5.24. The molecule has 1 heterocycles. The van der Waals surface area contributed by atoms with E-state index in [9.17, 15) is 4.79 Å². The highest BCUT2D eigenvalue weighted by Gasteiger charge is 2.15. The lowest BCUT2D eigenvalue weighted by Crippen LogP contribution is -2.13. The van der Waals surface area contributed by atoms with Crippen LogP contribution in [0.2, 0.25) is 10.0 Å².